The number of fused-ring (bicyclic) bond motifs is 2. The molecule has 0 amide bonds. The van der Waals surface area contributed by atoms with Gasteiger partial charge in [0.2, 0.25) is 0 Å². The van der Waals surface area contributed by atoms with Crippen molar-refractivity contribution in [2.24, 2.45) is 0 Å². The SMILES string of the molecule is COCO[C@@H]1[C@H](Cl)[C@H]2O[C@@H]1CC2=O. The van der Waals surface area contributed by atoms with Gasteiger partial charge in [0.05, 0.1) is 11.5 Å². The van der Waals surface area contributed by atoms with Crippen LogP contribution in [0.15, 0.2) is 0 Å². The molecule has 2 fully saturated rings. The summed E-state index contributed by atoms with van der Waals surface area (Å²) >= 11 is 5.98. The first-order valence-electron chi connectivity index (χ1n) is 4.17. The van der Waals surface area contributed by atoms with Gasteiger partial charge in [0.15, 0.2) is 5.78 Å². The predicted octanol–water partition coefficient (Wildman–Crippen LogP) is 0.323. The van der Waals surface area contributed by atoms with Gasteiger partial charge in [-0.15, -0.1) is 11.6 Å². The van der Waals surface area contributed by atoms with Crippen LogP contribution in [0.2, 0.25) is 0 Å². The van der Waals surface area contributed by atoms with E-state index >= 15 is 0 Å². The number of Topliss-reactive ketones (excluding diaryl/α,β-unsaturated/α-hetero) is 1. The van der Waals surface area contributed by atoms with Crippen LogP contribution in [0.25, 0.3) is 0 Å². The van der Waals surface area contributed by atoms with E-state index in [1.165, 1.54) is 0 Å². The topological polar surface area (TPSA) is 44.8 Å². The summed E-state index contributed by atoms with van der Waals surface area (Å²) in [6, 6.07) is 0. The highest BCUT2D eigenvalue weighted by Crippen LogP contribution is 2.37. The molecule has 5 heteroatoms. The van der Waals surface area contributed by atoms with Crippen molar-refractivity contribution < 1.29 is 19.0 Å². The van der Waals surface area contributed by atoms with Gasteiger partial charge in [0, 0.05) is 13.5 Å². The van der Waals surface area contributed by atoms with Gasteiger partial charge in [-0.25, -0.2) is 0 Å². The summed E-state index contributed by atoms with van der Waals surface area (Å²) in [6.07, 6.45) is -0.421. The summed E-state index contributed by atoms with van der Waals surface area (Å²) in [5.74, 6) is 0.0854. The molecular weight excluding hydrogens is 196 g/mol. The number of ether oxygens (including phenoxy) is 3. The second-order valence-electron chi connectivity index (χ2n) is 3.25. The second kappa shape index (κ2) is 3.53. The molecule has 2 rings (SSSR count). The fraction of sp³-hybridized carbons (Fsp3) is 0.875. The molecule has 2 heterocycles. The van der Waals surface area contributed by atoms with Crippen molar-refractivity contribution in [2.45, 2.75) is 30.1 Å². The number of hydrogen-bond acceptors (Lipinski definition) is 4. The molecule has 2 aliphatic heterocycles. The van der Waals surface area contributed by atoms with Crippen molar-refractivity contribution in [3.05, 3.63) is 0 Å². The third-order valence-electron chi connectivity index (χ3n) is 2.39. The molecule has 2 bridgehead atoms. The van der Waals surface area contributed by atoms with E-state index in [0.29, 0.717) is 6.42 Å². The molecular formula is C8H11ClO4. The van der Waals surface area contributed by atoms with E-state index in [4.69, 9.17) is 25.8 Å². The summed E-state index contributed by atoms with van der Waals surface area (Å²) in [5.41, 5.74) is 0. The van der Waals surface area contributed by atoms with Crippen molar-refractivity contribution in [2.75, 3.05) is 13.9 Å². The standard InChI is InChI=1S/C8H11ClO4/c1-11-3-12-8-5-2-4(10)7(13-5)6(8)9/h5-8H,2-3H2,1H3/t5-,6-,7+,8+/m1/s1. The summed E-state index contributed by atoms with van der Waals surface area (Å²) in [7, 11) is 1.54. The molecule has 0 aromatic carbocycles. The lowest BCUT2D eigenvalue weighted by Crippen LogP contribution is -2.40. The first kappa shape index (κ1) is 9.40. The number of carbonyl (C=O) groups excluding carboxylic acids is 1. The van der Waals surface area contributed by atoms with Crippen LogP contribution in [0.1, 0.15) is 6.42 Å². The Kier molecular flexibility index (Phi) is 2.55. The van der Waals surface area contributed by atoms with Gasteiger partial charge >= 0.3 is 0 Å². The van der Waals surface area contributed by atoms with Gasteiger partial charge in [0.1, 0.15) is 19.0 Å². The van der Waals surface area contributed by atoms with Crippen LogP contribution < -0.4 is 0 Å². The van der Waals surface area contributed by atoms with E-state index in [1.807, 2.05) is 0 Å². The molecule has 0 aromatic rings. The van der Waals surface area contributed by atoms with Crippen LogP contribution in [-0.4, -0.2) is 43.4 Å². The number of methoxy groups -OCH3 is 1. The van der Waals surface area contributed by atoms with Crippen molar-refractivity contribution >= 4 is 17.4 Å². The number of carbonyl (C=O) groups is 1. The van der Waals surface area contributed by atoms with E-state index in [1.54, 1.807) is 7.11 Å². The molecule has 0 unspecified atom stereocenters. The highest BCUT2D eigenvalue weighted by atomic mass is 35.5. The maximum absolute atomic E-state index is 11.2. The predicted molar refractivity (Wildman–Crippen MR) is 44.7 cm³/mol. The van der Waals surface area contributed by atoms with Crippen molar-refractivity contribution in [3.63, 3.8) is 0 Å². The van der Waals surface area contributed by atoms with Gasteiger partial charge in [-0.3, -0.25) is 4.79 Å². The number of alkyl halides is 1. The van der Waals surface area contributed by atoms with Crippen LogP contribution >= 0.6 is 11.6 Å². The molecule has 0 radical (unpaired) electrons. The lowest BCUT2D eigenvalue weighted by molar-refractivity contribution is -0.123. The molecule has 0 spiro atoms. The Labute approximate surface area is 81.1 Å². The molecule has 13 heavy (non-hydrogen) atoms. The molecule has 4 atom stereocenters. The lowest BCUT2D eigenvalue weighted by atomic mass is 9.96. The molecule has 4 nitrogen and oxygen atoms in total. The van der Waals surface area contributed by atoms with Gasteiger partial charge in [0.25, 0.3) is 0 Å². The van der Waals surface area contributed by atoms with E-state index in [0.717, 1.165) is 0 Å². The molecule has 2 aliphatic rings. The largest absolute Gasteiger partial charge is 0.362 e. The fourth-order valence-electron chi connectivity index (χ4n) is 1.80. The Hall–Kier alpha value is -0.160. The summed E-state index contributed by atoms with van der Waals surface area (Å²) < 4.78 is 15.4. The Morgan fingerprint density at radius 2 is 2.46 bits per heavy atom. The monoisotopic (exact) mass is 206 g/mol. The highest BCUT2D eigenvalue weighted by molar-refractivity contribution is 6.24. The molecule has 0 aliphatic carbocycles. The Balaban J connectivity index is 1.97. The fourth-order valence-corrected chi connectivity index (χ4v) is 2.23. The molecule has 2 saturated heterocycles. The number of ketones is 1. The second-order valence-corrected chi connectivity index (χ2v) is 3.75. The zero-order valence-corrected chi connectivity index (χ0v) is 7.99. The minimum Gasteiger partial charge on any atom is -0.362 e. The van der Waals surface area contributed by atoms with E-state index in [2.05, 4.69) is 0 Å². The number of halogens is 1. The maximum atomic E-state index is 11.2. The molecule has 74 valence electrons. The van der Waals surface area contributed by atoms with Crippen molar-refractivity contribution in [1.29, 1.82) is 0 Å². The summed E-state index contributed by atoms with van der Waals surface area (Å²) in [4.78, 5) is 11.2. The first-order chi connectivity index (χ1) is 6.24. The van der Waals surface area contributed by atoms with Crippen LogP contribution in [0, 0.1) is 0 Å². The Morgan fingerprint density at radius 1 is 1.69 bits per heavy atom. The van der Waals surface area contributed by atoms with E-state index < -0.39 is 6.10 Å². The molecule has 0 saturated carbocycles. The van der Waals surface area contributed by atoms with E-state index in [-0.39, 0.29) is 30.2 Å². The maximum Gasteiger partial charge on any atom is 0.165 e. The van der Waals surface area contributed by atoms with Crippen LogP contribution in [-0.2, 0) is 19.0 Å². The zero-order valence-electron chi connectivity index (χ0n) is 7.23. The molecule has 0 aromatic heterocycles. The van der Waals surface area contributed by atoms with Crippen LogP contribution in [0.5, 0.6) is 0 Å². The zero-order chi connectivity index (χ0) is 9.42. The smallest absolute Gasteiger partial charge is 0.165 e. The van der Waals surface area contributed by atoms with Gasteiger partial charge in [-0.1, -0.05) is 0 Å². The van der Waals surface area contributed by atoms with Crippen molar-refractivity contribution in [1.82, 2.24) is 0 Å². The average molecular weight is 207 g/mol. The molecule has 0 N–H and O–H groups in total. The highest BCUT2D eigenvalue weighted by Gasteiger charge is 2.54. The minimum absolute atomic E-state index is 0.0854. The number of hydrogen-bond donors (Lipinski definition) is 0. The first-order valence-corrected chi connectivity index (χ1v) is 4.60. The van der Waals surface area contributed by atoms with E-state index in [9.17, 15) is 4.79 Å². The van der Waals surface area contributed by atoms with Crippen LogP contribution in [0.4, 0.5) is 0 Å². The van der Waals surface area contributed by atoms with Crippen LogP contribution in [0.3, 0.4) is 0 Å². The quantitative estimate of drug-likeness (QED) is 0.493. The Bertz CT molecular complexity index is 218. The average Bonchev–Trinajstić information content (AvgIpc) is 2.59. The third-order valence-corrected chi connectivity index (χ3v) is 2.87. The number of rotatable bonds is 3. The van der Waals surface area contributed by atoms with Gasteiger partial charge in [-0.2, -0.15) is 0 Å². The third kappa shape index (κ3) is 1.48. The summed E-state index contributed by atoms with van der Waals surface area (Å²) in [6.45, 7) is 0.189. The Morgan fingerprint density at radius 3 is 3.00 bits per heavy atom. The van der Waals surface area contributed by atoms with Gasteiger partial charge in [-0.05, 0) is 0 Å². The van der Waals surface area contributed by atoms with Crippen molar-refractivity contribution in [3.8, 4) is 0 Å². The normalized spacial score (nSPS) is 43.1. The minimum atomic E-state index is -0.464. The van der Waals surface area contributed by atoms with Gasteiger partial charge < -0.3 is 14.2 Å². The summed E-state index contributed by atoms with van der Waals surface area (Å²) in [5, 5.41) is -0.360. The lowest BCUT2D eigenvalue weighted by Gasteiger charge is -2.22.